The Morgan fingerprint density at radius 3 is 2.48 bits per heavy atom. The van der Waals surface area contributed by atoms with Crippen LogP contribution in [0.5, 0.6) is 0 Å². The second-order valence-electron chi connectivity index (χ2n) is 6.94. The Hall–Kier alpha value is -1.99. The molecule has 5 nitrogen and oxygen atoms in total. The van der Waals surface area contributed by atoms with Gasteiger partial charge < -0.3 is 5.32 Å². The number of nitrogens with one attached hydrogen (secondary N) is 1. The summed E-state index contributed by atoms with van der Waals surface area (Å²) in [6, 6.07) is 12.6. The molecule has 0 unspecified atom stereocenters. The van der Waals surface area contributed by atoms with Crippen molar-refractivity contribution in [2.45, 2.75) is 37.0 Å². The minimum absolute atomic E-state index is 0.0689. The summed E-state index contributed by atoms with van der Waals surface area (Å²) in [5, 5.41) is 2.78. The summed E-state index contributed by atoms with van der Waals surface area (Å²) in [4.78, 5) is 12.5. The van der Waals surface area contributed by atoms with E-state index < -0.39 is 10.0 Å². The van der Waals surface area contributed by atoms with Gasteiger partial charge in [-0.2, -0.15) is 0 Å². The van der Waals surface area contributed by atoms with Crippen molar-refractivity contribution in [2.75, 3.05) is 21.9 Å². The molecule has 27 heavy (non-hydrogen) atoms. The number of carbonyl (C=O) groups excluding carboxylic acids is 1. The van der Waals surface area contributed by atoms with Crippen LogP contribution in [0.3, 0.4) is 0 Å². The van der Waals surface area contributed by atoms with Gasteiger partial charge in [0.15, 0.2) is 0 Å². The predicted octanol–water partition coefficient (Wildman–Crippen LogP) is 4.14. The summed E-state index contributed by atoms with van der Waals surface area (Å²) < 4.78 is 28.3. The summed E-state index contributed by atoms with van der Waals surface area (Å²) in [6.07, 6.45) is 0.908. The van der Waals surface area contributed by atoms with Crippen LogP contribution in [0.25, 0.3) is 0 Å². The van der Waals surface area contributed by atoms with E-state index >= 15 is 0 Å². The molecule has 7 heteroatoms. The summed E-state index contributed by atoms with van der Waals surface area (Å²) in [5.41, 5.74) is 2.50. The lowest BCUT2D eigenvalue weighted by molar-refractivity contribution is -0.113. The number of anilines is 2. The summed E-state index contributed by atoms with van der Waals surface area (Å²) >= 11 is 1.36. The van der Waals surface area contributed by atoms with E-state index in [-0.39, 0.29) is 16.7 Å². The SMILES string of the molecule is CCc1ccc(N(CC(C)C)S(=O)(=O)c2ccc3c(c2)SCC(=O)N3)cc1. The first-order chi connectivity index (χ1) is 12.8. The zero-order valence-corrected chi connectivity index (χ0v) is 17.4. The van der Waals surface area contributed by atoms with Crippen molar-refractivity contribution in [3.8, 4) is 0 Å². The molecular formula is C20H24N2O3S2. The minimum Gasteiger partial charge on any atom is -0.324 e. The van der Waals surface area contributed by atoms with Gasteiger partial charge in [-0.25, -0.2) is 8.42 Å². The molecule has 1 amide bonds. The fourth-order valence-corrected chi connectivity index (χ4v) is 5.49. The van der Waals surface area contributed by atoms with Crippen molar-refractivity contribution in [3.05, 3.63) is 48.0 Å². The Kier molecular flexibility index (Phi) is 5.81. The molecule has 1 aliphatic heterocycles. The van der Waals surface area contributed by atoms with Crippen molar-refractivity contribution in [2.24, 2.45) is 5.92 Å². The van der Waals surface area contributed by atoms with E-state index in [9.17, 15) is 13.2 Å². The standard InChI is InChI=1S/C20H24N2O3S2/c1-4-15-5-7-16(8-6-15)22(12-14(2)3)27(24,25)17-9-10-18-19(11-17)26-13-20(23)21-18/h5-11,14H,4,12-13H2,1-3H3,(H,21,23). The number of benzene rings is 2. The highest BCUT2D eigenvalue weighted by Gasteiger charge is 2.27. The van der Waals surface area contributed by atoms with Gasteiger partial charge in [-0.3, -0.25) is 9.10 Å². The number of fused-ring (bicyclic) bond motifs is 1. The van der Waals surface area contributed by atoms with Crippen molar-refractivity contribution in [1.82, 2.24) is 0 Å². The number of aryl methyl sites for hydroxylation is 1. The lowest BCUT2D eigenvalue weighted by atomic mass is 10.1. The fraction of sp³-hybridized carbons (Fsp3) is 0.350. The molecule has 0 aliphatic carbocycles. The first-order valence-corrected chi connectivity index (χ1v) is 11.4. The highest BCUT2D eigenvalue weighted by atomic mass is 32.2. The predicted molar refractivity (Wildman–Crippen MR) is 111 cm³/mol. The van der Waals surface area contributed by atoms with Crippen LogP contribution in [0.1, 0.15) is 26.3 Å². The van der Waals surface area contributed by atoms with E-state index in [4.69, 9.17) is 0 Å². The molecule has 0 saturated carbocycles. The van der Waals surface area contributed by atoms with Crippen LogP contribution >= 0.6 is 11.8 Å². The van der Waals surface area contributed by atoms with Crippen LogP contribution in [-0.4, -0.2) is 26.6 Å². The number of hydrogen-bond acceptors (Lipinski definition) is 4. The van der Waals surface area contributed by atoms with E-state index in [1.54, 1.807) is 18.2 Å². The first-order valence-electron chi connectivity index (χ1n) is 8.99. The van der Waals surface area contributed by atoms with E-state index in [1.165, 1.54) is 21.6 Å². The summed E-state index contributed by atoms with van der Waals surface area (Å²) in [7, 11) is -3.71. The van der Waals surface area contributed by atoms with Crippen molar-refractivity contribution < 1.29 is 13.2 Å². The molecular weight excluding hydrogens is 380 g/mol. The molecule has 0 fully saturated rings. The van der Waals surface area contributed by atoms with Crippen molar-refractivity contribution in [3.63, 3.8) is 0 Å². The third kappa shape index (κ3) is 4.30. The zero-order valence-electron chi connectivity index (χ0n) is 15.7. The molecule has 2 aromatic rings. The maximum atomic E-state index is 13.4. The molecule has 1 heterocycles. The number of rotatable bonds is 6. The Balaban J connectivity index is 2.01. The minimum atomic E-state index is -3.71. The number of amides is 1. The highest BCUT2D eigenvalue weighted by Crippen LogP contribution is 2.35. The molecule has 1 aliphatic rings. The average molecular weight is 405 g/mol. The molecule has 144 valence electrons. The molecule has 0 saturated heterocycles. The second-order valence-corrected chi connectivity index (χ2v) is 9.82. The second kappa shape index (κ2) is 7.94. The van der Waals surface area contributed by atoms with Gasteiger partial charge in [-0.1, -0.05) is 32.9 Å². The quantitative estimate of drug-likeness (QED) is 0.786. The molecule has 3 rings (SSSR count). The Bertz CT molecular complexity index is 938. The maximum absolute atomic E-state index is 13.4. The van der Waals surface area contributed by atoms with Crippen LogP contribution in [-0.2, 0) is 21.2 Å². The number of thioether (sulfide) groups is 1. The molecule has 0 spiro atoms. The normalized spacial score (nSPS) is 14.0. The maximum Gasteiger partial charge on any atom is 0.264 e. The van der Waals surface area contributed by atoms with E-state index in [2.05, 4.69) is 12.2 Å². The van der Waals surface area contributed by atoms with Crippen LogP contribution < -0.4 is 9.62 Å². The van der Waals surface area contributed by atoms with Gasteiger partial charge in [0.2, 0.25) is 5.91 Å². The number of sulfonamides is 1. The van der Waals surface area contributed by atoms with Gasteiger partial charge in [0.25, 0.3) is 10.0 Å². The number of nitrogens with zero attached hydrogens (tertiary/aromatic N) is 1. The van der Waals surface area contributed by atoms with Crippen LogP contribution in [0.4, 0.5) is 11.4 Å². The van der Waals surface area contributed by atoms with Gasteiger partial charge in [0, 0.05) is 11.4 Å². The third-order valence-corrected chi connectivity index (χ3v) is 7.18. The molecule has 0 bridgehead atoms. The largest absolute Gasteiger partial charge is 0.324 e. The van der Waals surface area contributed by atoms with Gasteiger partial charge in [-0.05, 0) is 48.2 Å². The smallest absolute Gasteiger partial charge is 0.264 e. The van der Waals surface area contributed by atoms with Crippen molar-refractivity contribution >= 4 is 39.1 Å². The van der Waals surface area contributed by atoms with Gasteiger partial charge >= 0.3 is 0 Å². The van der Waals surface area contributed by atoms with Crippen LogP contribution in [0.15, 0.2) is 52.3 Å². The van der Waals surface area contributed by atoms with E-state index in [1.807, 2.05) is 38.1 Å². The zero-order chi connectivity index (χ0) is 19.6. The summed E-state index contributed by atoms with van der Waals surface area (Å²) in [6.45, 7) is 6.47. The lowest BCUT2D eigenvalue weighted by Crippen LogP contribution is -2.34. The first kappa shape index (κ1) is 19.8. The lowest BCUT2D eigenvalue weighted by Gasteiger charge is -2.27. The molecule has 2 aromatic carbocycles. The molecule has 0 radical (unpaired) electrons. The molecule has 1 N–H and O–H groups in total. The Labute approximate surface area is 165 Å². The van der Waals surface area contributed by atoms with Crippen LogP contribution in [0.2, 0.25) is 0 Å². The van der Waals surface area contributed by atoms with Crippen LogP contribution in [0, 0.1) is 5.92 Å². The monoisotopic (exact) mass is 404 g/mol. The topological polar surface area (TPSA) is 66.5 Å². The van der Waals surface area contributed by atoms with E-state index in [0.717, 1.165) is 11.3 Å². The highest BCUT2D eigenvalue weighted by molar-refractivity contribution is 8.00. The Morgan fingerprint density at radius 2 is 1.85 bits per heavy atom. The average Bonchev–Trinajstić information content (AvgIpc) is 2.65. The van der Waals surface area contributed by atoms with Gasteiger partial charge in [0.1, 0.15) is 0 Å². The van der Waals surface area contributed by atoms with Gasteiger partial charge in [-0.15, -0.1) is 11.8 Å². The number of carbonyl (C=O) groups is 1. The summed E-state index contributed by atoms with van der Waals surface area (Å²) in [5.74, 6) is 0.405. The third-order valence-electron chi connectivity index (χ3n) is 4.34. The molecule has 0 atom stereocenters. The van der Waals surface area contributed by atoms with E-state index in [0.29, 0.717) is 23.7 Å². The number of hydrogen-bond donors (Lipinski definition) is 1. The van der Waals surface area contributed by atoms with Gasteiger partial charge in [0.05, 0.1) is 22.0 Å². The fourth-order valence-electron chi connectivity index (χ4n) is 2.91. The molecule has 0 aromatic heterocycles. The Morgan fingerprint density at radius 1 is 1.15 bits per heavy atom. The van der Waals surface area contributed by atoms with Crippen molar-refractivity contribution in [1.29, 1.82) is 0 Å².